The Morgan fingerprint density at radius 1 is 1.62 bits per heavy atom. The summed E-state index contributed by atoms with van der Waals surface area (Å²) in [6, 6.07) is -0.0202. The van der Waals surface area contributed by atoms with Gasteiger partial charge >= 0.3 is 6.03 Å². The highest BCUT2D eigenvalue weighted by molar-refractivity contribution is 5.71. The van der Waals surface area contributed by atoms with Crippen molar-refractivity contribution in [3.8, 4) is 0 Å². The van der Waals surface area contributed by atoms with E-state index in [1.54, 1.807) is 0 Å². The van der Waals surface area contributed by atoms with Crippen LogP contribution in [0.3, 0.4) is 0 Å². The molecule has 13 heavy (non-hydrogen) atoms. The first kappa shape index (κ1) is 12.0. The standard InChI is InChI=1S/C9H19N3O/c1-3-4-5-8(2)11-6-7-12-9(10)13/h3,8,11H,1,4-7H2,2H3,(H3,10,12,13). The average Bonchev–Trinajstić information content (AvgIpc) is 2.08. The average molecular weight is 185 g/mol. The van der Waals surface area contributed by atoms with E-state index in [9.17, 15) is 4.79 Å². The van der Waals surface area contributed by atoms with Crippen molar-refractivity contribution in [2.24, 2.45) is 5.73 Å². The molecule has 1 unspecified atom stereocenters. The first-order chi connectivity index (χ1) is 6.16. The molecule has 0 saturated heterocycles. The third-order valence-electron chi connectivity index (χ3n) is 1.72. The lowest BCUT2D eigenvalue weighted by atomic mass is 10.2. The van der Waals surface area contributed by atoms with E-state index in [-0.39, 0.29) is 0 Å². The molecule has 0 fully saturated rings. The predicted octanol–water partition coefficient (Wildman–Crippen LogP) is 0.599. The molecule has 2 amide bonds. The first-order valence-electron chi connectivity index (χ1n) is 4.54. The van der Waals surface area contributed by atoms with Gasteiger partial charge in [-0.05, 0) is 19.8 Å². The number of rotatable bonds is 7. The molecule has 4 nitrogen and oxygen atoms in total. The summed E-state index contributed by atoms with van der Waals surface area (Å²) >= 11 is 0. The van der Waals surface area contributed by atoms with Crippen LogP contribution in [0.15, 0.2) is 12.7 Å². The summed E-state index contributed by atoms with van der Waals surface area (Å²) < 4.78 is 0. The second-order valence-electron chi connectivity index (χ2n) is 3.01. The predicted molar refractivity (Wildman–Crippen MR) is 54.5 cm³/mol. The van der Waals surface area contributed by atoms with Crippen molar-refractivity contribution >= 4 is 6.03 Å². The number of hydrogen-bond donors (Lipinski definition) is 3. The van der Waals surface area contributed by atoms with Crippen LogP contribution < -0.4 is 16.4 Å². The Morgan fingerprint density at radius 2 is 2.31 bits per heavy atom. The number of hydrogen-bond acceptors (Lipinski definition) is 2. The van der Waals surface area contributed by atoms with Crippen molar-refractivity contribution in [1.82, 2.24) is 10.6 Å². The van der Waals surface area contributed by atoms with Crippen molar-refractivity contribution < 1.29 is 4.79 Å². The van der Waals surface area contributed by atoms with Crippen LogP contribution >= 0.6 is 0 Å². The van der Waals surface area contributed by atoms with E-state index in [4.69, 9.17) is 5.73 Å². The maximum atomic E-state index is 10.3. The van der Waals surface area contributed by atoms with E-state index in [0.29, 0.717) is 12.6 Å². The number of carbonyl (C=O) groups is 1. The second-order valence-corrected chi connectivity index (χ2v) is 3.01. The first-order valence-corrected chi connectivity index (χ1v) is 4.54. The maximum Gasteiger partial charge on any atom is 0.312 e. The van der Waals surface area contributed by atoms with Gasteiger partial charge in [0.2, 0.25) is 0 Å². The Hall–Kier alpha value is -1.03. The second kappa shape index (κ2) is 7.61. The van der Waals surface area contributed by atoms with Crippen LogP contribution in [-0.4, -0.2) is 25.2 Å². The van der Waals surface area contributed by atoms with Gasteiger partial charge < -0.3 is 16.4 Å². The number of primary amides is 1. The van der Waals surface area contributed by atoms with Crippen molar-refractivity contribution in [2.45, 2.75) is 25.8 Å². The van der Waals surface area contributed by atoms with E-state index in [1.165, 1.54) is 0 Å². The summed E-state index contributed by atoms with van der Waals surface area (Å²) in [4.78, 5) is 10.3. The molecular formula is C9H19N3O. The van der Waals surface area contributed by atoms with Crippen LogP contribution in [0.2, 0.25) is 0 Å². The Labute approximate surface area is 79.6 Å². The smallest absolute Gasteiger partial charge is 0.312 e. The molecule has 4 heteroatoms. The Morgan fingerprint density at radius 3 is 2.85 bits per heavy atom. The van der Waals surface area contributed by atoms with E-state index in [2.05, 4.69) is 24.1 Å². The van der Waals surface area contributed by atoms with Gasteiger partial charge in [-0.3, -0.25) is 0 Å². The molecular weight excluding hydrogens is 166 g/mol. The quantitative estimate of drug-likeness (QED) is 0.401. The molecule has 0 aliphatic rings. The largest absolute Gasteiger partial charge is 0.352 e. The fraction of sp³-hybridized carbons (Fsp3) is 0.667. The zero-order valence-electron chi connectivity index (χ0n) is 8.18. The van der Waals surface area contributed by atoms with E-state index in [0.717, 1.165) is 19.4 Å². The number of allylic oxidation sites excluding steroid dienone is 1. The molecule has 0 aliphatic heterocycles. The van der Waals surface area contributed by atoms with E-state index < -0.39 is 6.03 Å². The number of carbonyl (C=O) groups excluding carboxylic acids is 1. The number of nitrogens with two attached hydrogens (primary N) is 1. The highest BCUT2D eigenvalue weighted by atomic mass is 16.2. The van der Waals surface area contributed by atoms with Crippen LogP contribution in [0.25, 0.3) is 0 Å². The SMILES string of the molecule is C=CCCC(C)NCCNC(N)=O. The topological polar surface area (TPSA) is 67.2 Å². The van der Waals surface area contributed by atoms with Crippen molar-refractivity contribution in [2.75, 3.05) is 13.1 Å². The lowest BCUT2D eigenvalue weighted by Gasteiger charge is -2.12. The zero-order chi connectivity index (χ0) is 10.1. The van der Waals surface area contributed by atoms with E-state index in [1.807, 2.05) is 6.08 Å². The molecule has 0 aliphatic carbocycles. The lowest BCUT2D eigenvalue weighted by Crippen LogP contribution is -2.37. The van der Waals surface area contributed by atoms with Gasteiger partial charge in [-0.25, -0.2) is 4.79 Å². The van der Waals surface area contributed by atoms with Gasteiger partial charge in [-0.15, -0.1) is 6.58 Å². The van der Waals surface area contributed by atoms with Gasteiger partial charge in [0.15, 0.2) is 0 Å². The van der Waals surface area contributed by atoms with Crippen molar-refractivity contribution in [1.29, 1.82) is 0 Å². The molecule has 0 saturated carbocycles. The van der Waals surface area contributed by atoms with Crippen LogP contribution in [0.4, 0.5) is 4.79 Å². The van der Waals surface area contributed by atoms with Gasteiger partial charge in [0.05, 0.1) is 0 Å². The molecule has 0 rings (SSSR count). The highest BCUT2D eigenvalue weighted by Gasteiger charge is 1.98. The van der Waals surface area contributed by atoms with Crippen LogP contribution in [0.1, 0.15) is 19.8 Å². The molecule has 0 aromatic carbocycles. The molecule has 0 radical (unpaired) electrons. The summed E-state index contributed by atoms with van der Waals surface area (Å²) in [6.07, 6.45) is 3.98. The summed E-state index contributed by atoms with van der Waals surface area (Å²) in [5, 5.41) is 5.77. The normalized spacial score (nSPS) is 12.1. The lowest BCUT2D eigenvalue weighted by molar-refractivity contribution is 0.249. The van der Waals surface area contributed by atoms with Gasteiger partial charge in [0, 0.05) is 19.1 Å². The summed E-state index contributed by atoms with van der Waals surface area (Å²) in [5.41, 5.74) is 4.90. The number of nitrogens with one attached hydrogen (secondary N) is 2. The minimum Gasteiger partial charge on any atom is -0.352 e. The Balaban J connectivity index is 3.21. The fourth-order valence-electron chi connectivity index (χ4n) is 0.974. The van der Waals surface area contributed by atoms with Crippen LogP contribution in [-0.2, 0) is 0 Å². The fourth-order valence-corrected chi connectivity index (χ4v) is 0.974. The molecule has 0 heterocycles. The molecule has 0 aromatic heterocycles. The minimum absolute atomic E-state index is 0.452. The molecule has 0 aromatic rings. The van der Waals surface area contributed by atoms with Gasteiger partial charge in [-0.1, -0.05) is 6.08 Å². The van der Waals surface area contributed by atoms with Gasteiger partial charge in [0.25, 0.3) is 0 Å². The third-order valence-corrected chi connectivity index (χ3v) is 1.72. The molecule has 1 atom stereocenters. The highest BCUT2D eigenvalue weighted by Crippen LogP contribution is 1.95. The van der Waals surface area contributed by atoms with Crippen molar-refractivity contribution in [3.63, 3.8) is 0 Å². The van der Waals surface area contributed by atoms with Gasteiger partial charge in [-0.2, -0.15) is 0 Å². The zero-order valence-corrected chi connectivity index (χ0v) is 8.18. The molecule has 0 spiro atoms. The Kier molecular flexibility index (Phi) is 7.01. The van der Waals surface area contributed by atoms with Crippen LogP contribution in [0, 0.1) is 0 Å². The molecule has 4 N–H and O–H groups in total. The summed E-state index contributed by atoms with van der Waals surface area (Å²) in [5.74, 6) is 0. The molecule has 0 bridgehead atoms. The molecule has 76 valence electrons. The third kappa shape index (κ3) is 8.88. The minimum atomic E-state index is -0.472. The van der Waals surface area contributed by atoms with E-state index >= 15 is 0 Å². The van der Waals surface area contributed by atoms with Crippen molar-refractivity contribution in [3.05, 3.63) is 12.7 Å². The maximum absolute atomic E-state index is 10.3. The number of amides is 2. The van der Waals surface area contributed by atoms with Crippen LogP contribution in [0.5, 0.6) is 0 Å². The monoisotopic (exact) mass is 185 g/mol. The summed E-state index contributed by atoms with van der Waals surface area (Å²) in [7, 11) is 0. The number of urea groups is 1. The summed E-state index contributed by atoms with van der Waals surface area (Å²) in [6.45, 7) is 7.08. The van der Waals surface area contributed by atoms with Gasteiger partial charge in [0.1, 0.15) is 0 Å². The Bertz CT molecular complexity index is 159.